The second kappa shape index (κ2) is 7.73. The maximum Gasteiger partial charge on any atom is 0.216 e. The maximum absolute atomic E-state index is 9.75. The Morgan fingerprint density at radius 3 is 2.71 bits per heavy atom. The van der Waals surface area contributed by atoms with Crippen LogP contribution in [-0.4, -0.2) is 25.4 Å². The van der Waals surface area contributed by atoms with Gasteiger partial charge in [0.05, 0.1) is 12.5 Å². The highest BCUT2D eigenvalue weighted by Gasteiger charge is 2.43. The molecule has 1 aromatic heterocycles. The van der Waals surface area contributed by atoms with Crippen molar-refractivity contribution in [2.24, 2.45) is 5.92 Å². The molecule has 0 radical (unpaired) electrons. The second-order valence-corrected chi connectivity index (χ2v) is 6.23. The third kappa shape index (κ3) is 3.02. The van der Waals surface area contributed by atoms with Crippen LogP contribution in [-0.2, 0) is 4.74 Å². The summed E-state index contributed by atoms with van der Waals surface area (Å²) in [7, 11) is 1.71. The van der Waals surface area contributed by atoms with Crippen LogP contribution in [0.25, 0.3) is 11.6 Å². The number of rotatable bonds is 6. The van der Waals surface area contributed by atoms with Crippen LogP contribution in [0.15, 0.2) is 49.2 Å². The summed E-state index contributed by atoms with van der Waals surface area (Å²) < 4.78 is 7.52. The number of ether oxygens (including phenoxy) is 1. The summed E-state index contributed by atoms with van der Waals surface area (Å²) >= 11 is 0. The number of aromatic nitrogens is 1. The lowest BCUT2D eigenvalue weighted by molar-refractivity contribution is -0.725. The van der Waals surface area contributed by atoms with Gasteiger partial charge in [-0.05, 0) is 31.4 Å². The Morgan fingerprint density at radius 2 is 2.17 bits per heavy atom. The Kier molecular flexibility index (Phi) is 5.92. The quantitative estimate of drug-likeness (QED) is 0.639. The average Bonchev–Trinajstić information content (AvgIpc) is 2.59. The molecule has 24 heavy (non-hydrogen) atoms. The molecule has 1 aromatic rings. The van der Waals surface area contributed by atoms with Crippen molar-refractivity contribution in [2.75, 3.05) is 20.3 Å². The molecule has 128 valence electrons. The minimum absolute atomic E-state index is 0.00517. The third-order valence-electron chi connectivity index (χ3n) is 4.96. The van der Waals surface area contributed by atoms with Crippen molar-refractivity contribution >= 4 is 11.6 Å². The summed E-state index contributed by atoms with van der Waals surface area (Å²) in [6.45, 7) is 17.2. The van der Waals surface area contributed by atoms with Crippen molar-refractivity contribution in [3.8, 4) is 0 Å². The number of allylic oxidation sites excluding steroid dienone is 3. The van der Waals surface area contributed by atoms with E-state index in [0.717, 1.165) is 34.4 Å². The van der Waals surface area contributed by atoms with Crippen LogP contribution in [0.1, 0.15) is 36.2 Å². The van der Waals surface area contributed by atoms with Crippen molar-refractivity contribution < 1.29 is 14.4 Å². The van der Waals surface area contributed by atoms with Gasteiger partial charge in [-0.15, -0.1) is 0 Å². The van der Waals surface area contributed by atoms with Crippen molar-refractivity contribution in [3.05, 3.63) is 66.0 Å². The molecule has 2 heterocycles. The normalized spacial score (nSPS) is 21.7. The minimum Gasteiger partial charge on any atom is -0.392 e. The predicted molar refractivity (Wildman–Crippen MR) is 99.5 cm³/mol. The summed E-state index contributed by atoms with van der Waals surface area (Å²) in [4.78, 5) is 0. The number of nitrogens with zero attached hydrogens (tertiary/aromatic N) is 1. The number of hydrogen-bond acceptors (Lipinski definition) is 2. The predicted octanol–water partition coefficient (Wildman–Crippen LogP) is 3.64. The Hall–Kier alpha value is -1.97. The van der Waals surface area contributed by atoms with E-state index in [1.54, 1.807) is 7.11 Å². The van der Waals surface area contributed by atoms with Gasteiger partial charge >= 0.3 is 0 Å². The first-order valence-electron chi connectivity index (χ1n) is 8.32. The smallest absolute Gasteiger partial charge is 0.216 e. The summed E-state index contributed by atoms with van der Waals surface area (Å²) in [5, 5.41) is 9.75. The fraction of sp³-hybridized carbons (Fsp3) is 0.381. The highest BCUT2D eigenvalue weighted by molar-refractivity contribution is 5.78. The van der Waals surface area contributed by atoms with Crippen molar-refractivity contribution in [1.29, 1.82) is 0 Å². The second-order valence-electron chi connectivity index (χ2n) is 6.23. The number of methoxy groups -OCH3 is 1. The SMILES string of the molecule is C=Cc1cc[n+]2c(c1C)C(=C)/C(=C\C)C(CCOC)C2C(=C)CO. The van der Waals surface area contributed by atoms with Crippen LogP contribution in [0.2, 0.25) is 0 Å². The van der Waals surface area contributed by atoms with Gasteiger partial charge in [-0.3, -0.25) is 0 Å². The lowest BCUT2D eigenvalue weighted by Gasteiger charge is -2.33. The summed E-state index contributed by atoms with van der Waals surface area (Å²) in [5.41, 5.74) is 6.38. The van der Waals surface area contributed by atoms with Crippen LogP contribution >= 0.6 is 0 Å². The molecule has 0 aromatic carbocycles. The van der Waals surface area contributed by atoms with Crippen molar-refractivity contribution in [1.82, 2.24) is 0 Å². The Morgan fingerprint density at radius 1 is 1.46 bits per heavy atom. The van der Waals surface area contributed by atoms with E-state index < -0.39 is 0 Å². The van der Waals surface area contributed by atoms with Crippen LogP contribution in [0, 0.1) is 12.8 Å². The highest BCUT2D eigenvalue weighted by atomic mass is 16.5. The molecule has 0 amide bonds. The van der Waals surface area contributed by atoms with Gasteiger partial charge in [0.2, 0.25) is 5.69 Å². The molecular formula is C21H28NO2+. The third-order valence-corrected chi connectivity index (χ3v) is 4.96. The minimum atomic E-state index is -0.0354. The van der Waals surface area contributed by atoms with Gasteiger partial charge in [0, 0.05) is 36.5 Å². The number of aliphatic hydroxyl groups excluding tert-OH is 1. The molecule has 0 aliphatic carbocycles. The summed E-state index contributed by atoms with van der Waals surface area (Å²) in [6.07, 6.45) is 6.91. The molecule has 1 aliphatic heterocycles. The molecule has 0 saturated heterocycles. The zero-order chi connectivity index (χ0) is 17.9. The van der Waals surface area contributed by atoms with E-state index >= 15 is 0 Å². The summed E-state index contributed by atoms with van der Waals surface area (Å²) in [5.74, 6) is 0.189. The molecule has 0 spiro atoms. The topological polar surface area (TPSA) is 33.3 Å². The lowest BCUT2D eigenvalue weighted by atomic mass is 9.76. The first-order chi connectivity index (χ1) is 11.5. The lowest BCUT2D eigenvalue weighted by Crippen LogP contribution is -2.52. The van der Waals surface area contributed by atoms with E-state index in [1.165, 1.54) is 5.57 Å². The van der Waals surface area contributed by atoms with Gasteiger partial charge in [0.15, 0.2) is 12.2 Å². The van der Waals surface area contributed by atoms with E-state index in [2.05, 4.69) is 49.6 Å². The van der Waals surface area contributed by atoms with Gasteiger partial charge in [-0.25, -0.2) is 0 Å². The largest absolute Gasteiger partial charge is 0.392 e. The Labute approximate surface area is 145 Å². The first-order valence-corrected chi connectivity index (χ1v) is 8.32. The maximum atomic E-state index is 9.75. The average molecular weight is 326 g/mol. The fourth-order valence-corrected chi connectivity index (χ4v) is 3.77. The van der Waals surface area contributed by atoms with Gasteiger partial charge in [-0.2, -0.15) is 4.57 Å². The molecule has 3 nitrogen and oxygen atoms in total. The van der Waals surface area contributed by atoms with Gasteiger partial charge in [0.1, 0.15) is 0 Å². The van der Waals surface area contributed by atoms with Gasteiger partial charge in [-0.1, -0.05) is 31.9 Å². The van der Waals surface area contributed by atoms with E-state index in [0.29, 0.717) is 6.61 Å². The molecule has 0 saturated carbocycles. The molecule has 1 aliphatic rings. The molecule has 3 heteroatoms. The zero-order valence-electron chi connectivity index (χ0n) is 15.0. The Balaban J connectivity index is 2.71. The van der Waals surface area contributed by atoms with Crippen LogP contribution in [0.5, 0.6) is 0 Å². The monoisotopic (exact) mass is 326 g/mol. The molecule has 0 fully saturated rings. The van der Waals surface area contributed by atoms with E-state index in [1.807, 2.05) is 13.0 Å². The molecule has 2 rings (SSSR count). The summed E-state index contributed by atoms with van der Waals surface area (Å²) in [6, 6.07) is 2.06. The molecule has 2 unspecified atom stereocenters. The van der Waals surface area contributed by atoms with Crippen molar-refractivity contribution in [3.63, 3.8) is 0 Å². The molecule has 0 bridgehead atoms. The van der Waals surface area contributed by atoms with Gasteiger partial charge in [0.25, 0.3) is 0 Å². The van der Waals surface area contributed by atoms with Crippen LogP contribution in [0.3, 0.4) is 0 Å². The number of pyridine rings is 1. The zero-order valence-corrected chi connectivity index (χ0v) is 15.0. The number of hydrogen-bond donors (Lipinski definition) is 1. The Bertz CT molecular complexity index is 700. The van der Waals surface area contributed by atoms with Crippen molar-refractivity contribution in [2.45, 2.75) is 26.3 Å². The van der Waals surface area contributed by atoms with Crippen LogP contribution < -0.4 is 4.57 Å². The van der Waals surface area contributed by atoms with Crippen LogP contribution in [0.4, 0.5) is 0 Å². The standard InChI is InChI=1S/C21H28NO2/c1-7-17-9-11-22-20(14(3)13-23)19(10-12-24-6)18(8-2)16(5)21(22)15(17)4/h7-9,11,19-20,23H,1,3,5,10,12-13H2,2,4,6H3/q+1/b18-8+. The van der Waals surface area contributed by atoms with E-state index in [4.69, 9.17) is 4.74 Å². The molecular weight excluding hydrogens is 298 g/mol. The first kappa shape index (κ1) is 18.4. The highest BCUT2D eigenvalue weighted by Crippen LogP contribution is 2.42. The fourth-order valence-electron chi connectivity index (χ4n) is 3.77. The number of aliphatic hydroxyl groups is 1. The molecule has 2 atom stereocenters. The number of fused-ring (bicyclic) bond motifs is 1. The van der Waals surface area contributed by atoms with E-state index in [-0.39, 0.29) is 18.6 Å². The van der Waals surface area contributed by atoms with Gasteiger partial charge < -0.3 is 9.84 Å². The van der Waals surface area contributed by atoms with E-state index in [9.17, 15) is 5.11 Å². The molecule has 1 N–H and O–H groups in total.